The Bertz CT molecular complexity index is 283. The molecular formula is C14H22O3. The summed E-state index contributed by atoms with van der Waals surface area (Å²) in [6.07, 6.45) is 8.47. The summed E-state index contributed by atoms with van der Waals surface area (Å²) in [6, 6.07) is 0. The minimum Gasteiger partial charge on any atom is -0.463 e. The molecule has 0 aromatic rings. The molecule has 3 aliphatic rings. The molecule has 0 aromatic carbocycles. The van der Waals surface area contributed by atoms with E-state index in [0.29, 0.717) is 12.5 Å². The van der Waals surface area contributed by atoms with Crippen LogP contribution in [0.1, 0.15) is 44.9 Å². The molecule has 3 fully saturated rings. The highest BCUT2D eigenvalue weighted by Crippen LogP contribution is 2.48. The summed E-state index contributed by atoms with van der Waals surface area (Å²) in [6.45, 7) is 1.31. The number of esters is 1. The lowest BCUT2D eigenvalue weighted by molar-refractivity contribution is -0.155. The van der Waals surface area contributed by atoms with Crippen LogP contribution in [0.25, 0.3) is 0 Å². The third kappa shape index (κ3) is 2.49. The fourth-order valence-corrected chi connectivity index (χ4v) is 3.75. The van der Waals surface area contributed by atoms with Crippen molar-refractivity contribution in [3.8, 4) is 0 Å². The summed E-state index contributed by atoms with van der Waals surface area (Å²) in [4.78, 5) is 12.0. The molecule has 0 aromatic heterocycles. The van der Waals surface area contributed by atoms with Gasteiger partial charge in [-0.2, -0.15) is 0 Å². The fraction of sp³-hybridized carbons (Fsp3) is 0.929. The van der Waals surface area contributed by atoms with Crippen molar-refractivity contribution in [2.75, 3.05) is 13.2 Å². The van der Waals surface area contributed by atoms with Gasteiger partial charge in [0, 0.05) is 6.61 Å². The summed E-state index contributed by atoms with van der Waals surface area (Å²) < 4.78 is 11.0. The Morgan fingerprint density at radius 1 is 1.18 bits per heavy atom. The number of carbonyl (C=O) groups excluding carboxylic acids is 1. The molecule has 0 spiro atoms. The van der Waals surface area contributed by atoms with Crippen molar-refractivity contribution < 1.29 is 14.3 Å². The second kappa shape index (κ2) is 4.97. The van der Waals surface area contributed by atoms with Crippen LogP contribution in [0.15, 0.2) is 0 Å². The van der Waals surface area contributed by atoms with E-state index in [9.17, 15) is 4.79 Å². The summed E-state index contributed by atoms with van der Waals surface area (Å²) in [5.41, 5.74) is 0. The van der Waals surface area contributed by atoms with Gasteiger partial charge >= 0.3 is 5.97 Å². The van der Waals surface area contributed by atoms with Crippen LogP contribution in [0.5, 0.6) is 0 Å². The highest BCUT2D eigenvalue weighted by molar-refractivity contribution is 5.73. The van der Waals surface area contributed by atoms with Gasteiger partial charge in [-0.15, -0.1) is 0 Å². The van der Waals surface area contributed by atoms with Crippen molar-refractivity contribution in [1.82, 2.24) is 0 Å². The lowest BCUT2D eigenvalue weighted by atomic mass is 9.89. The molecule has 3 heteroatoms. The Hall–Kier alpha value is -0.570. The van der Waals surface area contributed by atoms with Gasteiger partial charge in [-0.1, -0.05) is 6.42 Å². The molecule has 2 bridgehead atoms. The highest BCUT2D eigenvalue weighted by atomic mass is 16.6. The van der Waals surface area contributed by atoms with Crippen LogP contribution in [-0.2, 0) is 14.3 Å². The van der Waals surface area contributed by atoms with Crippen molar-refractivity contribution in [3.63, 3.8) is 0 Å². The summed E-state index contributed by atoms with van der Waals surface area (Å²) in [7, 11) is 0. The zero-order valence-electron chi connectivity index (χ0n) is 10.4. The van der Waals surface area contributed by atoms with E-state index in [1.54, 1.807) is 0 Å². The van der Waals surface area contributed by atoms with Crippen LogP contribution in [0, 0.1) is 17.8 Å². The first kappa shape index (κ1) is 11.5. The lowest BCUT2D eigenvalue weighted by Gasteiger charge is -2.24. The maximum absolute atomic E-state index is 12.0. The quantitative estimate of drug-likeness (QED) is 0.709. The van der Waals surface area contributed by atoms with Crippen LogP contribution in [-0.4, -0.2) is 25.3 Å². The number of fused-ring (bicyclic) bond motifs is 2. The largest absolute Gasteiger partial charge is 0.463 e. The monoisotopic (exact) mass is 238 g/mol. The number of ether oxygens (including phenoxy) is 2. The maximum atomic E-state index is 12.0. The SMILES string of the molecule is O=C(OCC1CCCCO1)C1CC2CCC1C2. The summed E-state index contributed by atoms with van der Waals surface area (Å²) >= 11 is 0. The number of hydrogen-bond acceptors (Lipinski definition) is 3. The van der Waals surface area contributed by atoms with E-state index >= 15 is 0 Å². The molecule has 2 aliphatic carbocycles. The van der Waals surface area contributed by atoms with Gasteiger partial charge in [0.1, 0.15) is 6.61 Å². The molecule has 3 rings (SSSR count). The average molecular weight is 238 g/mol. The average Bonchev–Trinajstić information content (AvgIpc) is 2.99. The maximum Gasteiger partial charge on any atom is 0.309 e. The molecule has 0 N–H and O–H groups in total. The molecule has 4 unspecified atom stereocenters. The third-order valence-corrected chi connectivity index (χ3v) is 4.73. The molecule has 3 nitrogen and oxygen atoms in total. The molecule has 96 valence electrons. The Kier molecular flexibility index (Phi) is 3.37. The standard InChI is InChI=1S/C14H22O3/c15-14(13-8-10-4-5-11(13)7-10)17-9-12-3-1-2-6-16-12/h10-13H,1-9H2. The van der Waals surface area contributed by atoms with E-state index in [1.165, 1.54) is 25.7 Å². The summed E-state index contributed by atoms with van der Waals surface area (Å²) in [5.74, 6) is 1.69. The Morgan fingerprint density at radius 2 is 2.12 bits per heavy atom. The number of hydrogen-bond donors (Lipinski definition) is 0. The van der Waals surface area contributed by atoms with Crippen molar-refractivity contribution in [2.24, 2.45) is 17.8 Å². The Morgan fingerprint density at radius 3 is 2.76 bits per heavy atom. The van der Waals surface area contributed by atoms with Gasteiger partial charge in [-0.25, -0.2) is 0 Å². The second-order valence-electron chi connectivity index (χ2n) is 5.90. The van der Waals surface area contributed by atoms with Crippen molar-refractivity contribution in [3.05, 3.63) is 0 Å². The van der Waals surface area contributed by atoms with Gasteiger partial charge in [0.15, 0.2) is 0 Å². The minimum absolute atomic E-state index is 0.0476. The van der Waals surface area contributed by atoms with Gasteiger partial charge in [0.05, 0.1) is 12.0 Å². The highest BCUT2D eigenvalue weighted by Gasteiger charge is 2.44. The van der Waals surface area contributed by atoms with Crippen molar-refractivity contribution in [1.29, 1.82) is 0 Å². The molecule has 2 saturated carbocycles. The van der Waals surface area contributed by atoms with Crippen LogP contribution in [0.2, 0.25) is 0 Å². The Labute approximate surface area is 103 Å². The number of carbonyl (C=O) groups is 1. The van der Waals surface area contributed by atoms with Gasteiger partial charge in [-0.05, 0) is 50.4 Å². The first-order valence-electron chi connectivity index (χ1n) is 7.11. The molecule has 17 heavy (non-hydrogen) atoms. The van der Waals surface area contributed by atoms with E-state index < -0.39 is 0 Å². The number of rotatable bonds is 3. The van der Waals surface area contributed by atoms with Crippen LogP contribution >= 0.6 is 0 Å². The van der Waals surface area contributed by atoms with Crippen LogP contribution in [0.4, 0.5) is 0 Å². The first-order valence-corrected chi connectivity index (χ1v) is 7.11. The molecule has 0 radical (unpaired) electrons. The van der Waals surface area contributed by atoms with E-state index in [2.05, 4.69) is 0 Å². The van der Waals surface area contributed by atoms with Crippen LogP contribution in [0.3, 0.4) is 0 Å². The van der Waals surface area contributed by atoms with E-state index in [0.717, 1.165) is 31.8 Å². The fourth-order valence-electron chi connectivity index (χ4n) is 3.75. The molecule has 1 saturated heterocycles. The van der Waals surface area contributed by atoms with E-state index in [-0.39, 0.29) is 18.0 Å². The van der Waals surface area contributed by atoms with Crippen molar-refractivity contribution in [2.45, 2.75) is 51.0 Å². The van der Waals surface area contributed by atoms with E-state index in [4.69, 9.17) is 9.47 Å². The van der Waals surface area contributed by atoms with Gasteiger partial charge in [-0.3, -0.25) is 4.79 Å². The molecular weight excluding hydrogens is 216 g/mol. The van der Waals surface area contributed by atoms with Crippen molar-refractivity contribution >= 4 is 5.97 Å². The van der Waals surface area contributed by atoms with Gasteiger partial charge in [0.2, 0.25) is 0 Å². The van der Waals surface area contributed by atoms with Crippen LogP contribution < -0.4 is 0 Å². The molecule has 4 atom stereocenters. The Balaban J connectivity index is 1.44. The minimum atomic E-state index is 0.0476. The molecule has 0 amide bonds. The lowest BCUT2D eigenvalue weighted by Crippen LogP contribution is -2.29. The predicted molar refractivity (Wildman–Crippen MR) is 63.5 cm³/mol. The van der Waals surface area contributed by atoms with Gasteiger partial charge < -0.3 is 9.47 Å². The zero-order valence-corrected chi connectivity index (χ0v) is 10.4. The second-order valence-corrected chi connectivity index (χ2v) is 5.90. The molecule has 1 aliphatic heterocycles. The topological polar surface area (TPSA) is 35.5 Å². The third-order valence-electron chi connectivity index (χ3n) is 4.73. The van der Waals surface area contributed by atoms with Gasteiger partial charge in [0.25, 0.3) is 0 Å². The first-order chi connectivity index (χ1) is 8.33. The van der Waals surface area contributed by atoms with E-state index in [1.807, 2.05) is 0 Å². The summed E-state index contributed by atoms with van der Waals surface area (Å²) in [5, 5.41) is 0. The smallest absolute Gasteiger partial charge is 0.309 e. The predicted octanol–water partition coefficient (Wildman–Crippen LogP) is 2.53. The zero-order chi connectivity index (χ0) is 11.7. The molecule has 1 heterocycles. The normalized spacial score (nSPS) is 40.5.